The number of nitriles is 1. The molecule has 0 saturated heterocycles. The topological polar surface area (TPSA) is 68.2 Å². The average Bonchev–Trinajstić information content (AvgIpc) is 2.95. The van der Waals surface area contributed by atoms with E-state index in [9.17, 15) is 10.1 Å². The summed E-state index contributed by atoms with van der Waals surface area (Å²) in [5.41, 5.74) is 0.394. The first-order valence-electron chi connectivity index (χ1n) is 5.53. The van der Waals surface area contributed by atoms with Crippen LogP contribution >= 0.6 is 0 Å². The molecule has 0 bridgehead atoms. The van der Waals surface area contributed by atoms with Crippen molar-refractivity contribution in [3.8, 4) is 12.0 Å². The second-order valence-electron chi connectivity index (χ2n) is 3.64. The Kier molecular flexibility index (Phi) is 3.20. The van der Waals surface area contributed by atoms with E-state index in [4.69, 9.17) is 9.15 Å². The molecular weight excluding hydrogens is 232 g/mol. The van der Waals surface area contributed by atoms with Crippen molar-refractivity contribution in [3.63, 3.8) is 0 Å². The van der Waals surface area contributed by atoms with Gasteiger partial charge in [-0.1, -0.05) is 0 Å². The number of hydrogen-bond acceptors (Lipinski definition) is 4. The van der Waals surface area contributed by atoms with Crippen LogP contribution in [0.3, 0.4) is 0 Å². The zero-order valence-electron chi connectivity index (χ0n) is 10.1. The molecule has 0 N–H and O–H groups in total. The molecule has 2 aromatic rings. The molecule has 0 aliphatic carbocycles. The number of carbonyl (C=O) groups is 1. The van der Waals surface area contributed by atoms with Gasteiger partial charge < -0.3 is 9.15 Å². The van der Waals surface area contributed by atoms with Crippen LogP contribution in [0.5, 0.6) is 0 Å². The van der Waals surface area contributed by atoms with Gasteiger partial charge in [-0.2, -0.15) is 5.26 Å². The highest BCUT2D eigenvalue weighted by Gasteiger charge is 2.25. The van der Waals surface area contributed by atoms with Crippen LogP contribution in [0.25, 0.3) is 5.88 Å². The monoisotopic (exact) mass is 244 g/mol. The van der Waals surface area contributed by atoms with Gasteiger partial charge in [0.25, 0.3) is 0 Å². The van der Waals surface area contributed by atoms with Gasteiger partial charge >= 0.3 is 5.97 Å². The number of esters is 1. The number of aromatic nitrogens is 1. The molecule has 0 aliphatic rings. The molecule has 0 atom stereocenters. The summed E-state index contributed by atoms with van der Waals surface area (Å²) in [4.78, 5) is 11.8. The third-order valence-electron chi connectivity index (χ3n) is 2.50. The maximum Gasteiger partial charge on any atom is 0.343 e. The van der Waals surface area contributed by atoms with Crippen molar-refractivity contribution in [2.75, 3.05) is 6.61 Å². The third-order valence-corrected chi connectivity index (χ3v) is 2.50. The molecule has 0 radical (unpaired) electrons. The highest BCUT2D eigenvalue weighted by atomic mass is 16.5. The molecule has 2 aromatic heterocycles. The van der Waals surface area contributed by atoms with Gasteiger partial charge in [0.15, 0.2) is 0 Å². The Morgan fingerprint density at radius 3 is 2.72 bits per heavy atom. The van der Waals surface area contributed by atoms with E-state index in [-0.39, 0.29) is 17.7 Å². The molecule has 5 heteroatoms. The summed E-state index contributed by atoms with van der Waals surface area (Å²) in [6.45, 7) is 3.61. The van der Waals surface area contributed by atoms with E-state index < -0.39 is 5.97 Å². The van der Waals surface area contributed by atoms with Crippen molar-refractivity contribution in [2.45, 2.75) is 13.8 Å². The predicted octanol–water partition coefficient (Wildman–Crippen LogP) is 2.43. The second kappa shape index (κ2) is 4.80. The summed E-state index contributed by atoms with van der Waals surface area (Å²) in [5, 5.41) is 9.20. The van der Waals surface area contributed by atoms with Gasteiger partial charge in [0, 0.05) is 12.4 Å². The summed E-state index contributed by atoms with van der Waals surface area (Å²) in [6.07, 6.45) is 3.49. The second-order valence-corrected chi connectivity index (χ2v) is 3.64. The first kappa shape index (κ1) is 12.0. The number of aryl methyl sites for hydroxylation is 1. The smallest absolute Gasteiger partial charge is 0.343 e. The third kappa shape index (κ3) is 1.89. The summed E-state index contributed by atoms with van der Waals surface area (Å²) < 4.78 is 12.1. The average molecular weight is 244 g/mol. The highest BCUT2D eigenvalue weighted by Crippen LogP contribution is 2.25. The minimum Gasteiger partial charge on any atom is -0.462 e. The molecule has 0 aliphatic heterocycles. The number of nitrogens with zero attached hydrogens (tertiary/aromatic N) is 2. The van der Waals surface area contributed by atoms with Crippen LogP contribution in [0.4, 0.5) is 0 Å². The van der Waals surface area contributed by atoms with E-state index in [0.29, 0.717) is 11.6 Å². The van der Waals surface area contributed by atoms with E-state index >= 15 is 0 Å². The number of carbonyl (C=O) groups excluding carboxylic acids is 1. The quantitative estimate of drug-likeness (QED) is 0.777. The fraction of sp³-hybridized carbons (Fsp3) is 0.231. The van der Waals surface area contributed by atoms with E-state index in [1.165, 1.54) is 0 Å². The Labute approximate surface area is 104 Å². The van der Waals surface area contributed by atoms with E-state index in [1.54, 1.807) is 30.8 Å². The lowest BCUT2D eigenvalue weighted by atomic mass is 10.1. The SMILES string of the molecule is CCOC(=O)c1c(C)oc(-n2cccc2)c1C#N. The fourth-order valence-electron chi connectivity index (χ4n) is 1.73. The van der Waals surface area contributed by atoms with Crippen molar-refractivity contribution >= 4 is 5.97 Å². The zero-order valence-corrected chi connectivity index (χ0v) is 10.1. The van der Waals surface area contributed by atoms with Crippen LogP contribution in [0.15, 0.2) is 28.9 Å². The van der Waals surface area contributed by atoms with Gasteiger partial charge in [-0.05, 0) is 26.0 Å². The van der Waals surface area contributed by atoms with Crippen LogP contribution < -0.4 is 0 Å². The lowest BCUT2D eigenvalue weighted by Crippen LogP contribution is -2.07. The molecule has 0 spiro atoms. The van der Waals surface area contributed by atoms with Crippen LogP contribution in [0.2, 0.25) is 0 Å². The molecule has 0 unspecified atom stereocenters. The standard InChI is InChI=1S/C13H12N2O3/c1-3-17-13(16)11-9(2)18-12(10(11)8-14)15-6-4-5-7-15/h4-7H,3H2,1-2H3. The predicted molar refractivity (Wildman–Crippen MR) is 63.4 cm³/mol. The van der Waals surface area contributed by atoms with Gasteiger partial charge in [-0.15, -0.1) is 0 Å². The Morgan fingerprint density at radius 2 is 2.17 bits per heavy atom. The number of hydrogen-bond donors (Lipinski definition) is 0. The van der Waals surface area contributed by atoms with Crippen molar-refractivity contribution in [3.05, 3.63) is 41.4 Å². The summed E-state index contributed by atoms with van der Waals surface area (Å²) in [5.74, 6) is 0.186. The number of rotatable bonds is 3. The van der Waals surface area contributed by atoms with E-state index in [0.717, 1.165) is 0 Å². The zero-order chi connectivity index (χ0) is 13.1. The first-order valence-corrected chi connectivity index (χ1v) is 5.53. The summed E-state index contributed by atoms with van der Waals surface area (Å²) in [6, 6.07) is 5.61. The lowest BCUT2D eigenvalue weighted by molar-refractivity contribution is 0.0524. The molecule has 0 aromatic carbocycles. The Balaban J connectivity index is 2.56. The van der Waals surface area contributed by atoms with Gasteiger partial charge in [-0.3, -0.25) is 4.57 Å². The lowest BCUT2D eigenvalue weighted by Gasteiger charge is -2.00. The van der Waals surface area contributed by atoms with Gasteiger partial charge in [-0.25, -0.2) is 4.79 Å². The van der Waals surface area contributed by atoms with Crippen LogP contribution in [-0.4, -0.2) is 17.1 Å². The first-order chi connectivity index (χ1) is 8.69. The highest BCUT2D eigenvalue weighted by molar-refractivity contribution is 5.94. The van der Waals surface area contributed by atoms with Gasteiger partial charge in [0.1, 0.15) is 23.0 Å². The molecular formula is C13H12N2O3. The van der Waals surface area contributed by atoms with Crippen molar-refractivity contribution < 1.29 is 13.9 Å². The molecule has 0 fully saturated rings. The molecule has 5 nitrogen and oxygen atoms in total. The number of furan rings is 1. The largest absolute Gasteiger partial charge is 0.462 e. The minimum atomic E-state index is -0.534. The molecule has 92 valence electrons. The molecule has 2 rings (SSSR count). The fourth-order valence-corrected chi connectivity index (χ4v) is 1.73. The van der Waals surface area contributed by atoms with Gasteiger partial charge in [0.2, 0.25) is 5.88 Å². The van der Waals surface area contributed by atoms with Crippen LogP contribution in [-0.2, 0) is 4.74 Å². The summed E-state index contributed by atoms with van der Waals surface area (Å²) in [7, 11) is 0. The normalized spacial score (nSPS) is 10.1. The van der Waals surface area contributed by atoms with E-state index in [2.05, 4.69) is 0 Å². The van der Waals surface area contributed by atoms with Crippen LogP contribution in [0, 0.1) is 18.3 Å². The van der Waals surface area contributed by atoms with Crippen LogP contribution in [0.1, 0.15) is 28.6 Å². The maximum atomic E-state index is 11.8. The minimum absolute atomic E-state index is 0.196. The van der Waals surface area contributed by atoms with Gasteiger partial charge in [0.05, 0.1) is 6.61 Å². The van der Waals surface area contributed by atoms with E-state index in [1.807, 2.05) is 18.2 Å². The maximum absolute atomic E-state index is 11.8. The molecule has 0 amide bonds. The van der Waals surface area contributed by atoms with Crippen molar-refractivity contribution in [1.29, 1.82) is 5.26 Å². The Hall–Kier alpha value is -2.48. The molecule has 18 heavy (non-hydrogen) atoms. The summed E-state index contributed by atoms with van der Waals surface area (Å²) >= 11 is 0. The Bertz CT molecular complexity index is 603. The van der Waals surface area contributed by atoms with Crippen molar-refractivity contribution in [2.24, 2.45) is 0 Å². The Morgan fingerprint density at radius 1 is 1.50 bits per heavy atom. The molecule has 2 heterocycles. The number of ether oxygens (including phenoxy) is 1. The van der Waals surface area contributed by atoms with Crippen molar-refractivity contribution in [1.82, 2.24) is 4.57 Å². The molecule has 0 saturated carbocycles.